The Morgan fingerprint density at radius 3 is 2.79 bits per heavy atom. The van der Waals surface area contributed by atoms with Crippen molar-refractivity contribution in [2.45, 2.75) is 57.4 Å². The Labute approximate surface area is 86.8 Å². The molecule has 1 heteroatoms. The number of fused-ring (bicyclic) bond motifs is 3. The maximum absolute atomic E-state index is 6.36. The van der Waals surface area contributed by atoms with E-state index in [4.69, 9.17) is 5.73 Å². The van der Waals surface area contributed by atoms with Crippen molar-refractivity contribution in [1.29, 1.82) is 0 Å². The van der Waals surface area contributed by atoms with Gasteiger partial charge in [0.15, 0.2) is 0 Å². The molecular weight excluding hydrogens is 170 g/mol. The molecule has 0 aromatic carbocycles. The highest BCUT2D eigenvalue weighted by molar-refractivity contribution is 5.26. The van der Waals surface area contributed by atoms with Gasteiger partial charge >= 0.3 is 0 Å². The molecule has 0 aromatic rings. The molecule has 14 heavy (non-hydrogen) atoms. The van der Waals surface area contributed by atoms with Gasteiger partial charge in [0, 0.05) is 6.04 Å². The standard InChI is InChI=1S/C13H21N/c14-13-10-5-3-7-12(13)11-6-2-1-4-9(11)8-10/h10,12-13H,1-8,14H2/t10?,12-,13+/m0/s1. The Balaban J connectivity index is 1.95. The topological polar surface area (TPSA) is 26.0 Å². The normalized spacial score (nSPS) is 42.2. The molecule has 0 heterocycles. The summed E-state index contributed by atoms with van der Waals surface area (Å²) in [5, 5.41) is 0. The lowest BCUT2D eigenvalue weighted by Gasteiger charge is -2.44. The largest absolute Gasteiger partial charge is 0.327 e. The van der Waals surface area contributed by atoms with E-state index in [1.54, 1.807) is 5.57 Å². The Hall–Kier alpha value is -0.300. The number of nitrogens with two attached hydrogens (primary N) is 1. The molecule has 0 saturated heterocycles. The molecule has 1 nitrogen and oxygen atoms in total. The summed E-state index contributed by atoms with van der Waals surface area (Å²) in [5.41, 5.74) is 9.99. The minimum absolute atomic E-state index is 0.514. The van der Waals surface area contributed by atoms with Crippen LogP contribution < -0.4 is 5.73 Å². The van der Waals surface area contributed by atoms with Crippen LogP contribution in [0.4, 0.5) is 0 Å². The maximum atomic E-state index is 6.36. The molecule has 0 aromatic heterocycles. The van der Waals surface area contributed by atoms with Crippen molar-refractivity contribution in [1.82, 2.24) is 0 Å². The Morgan fingerprint density at radius 1 is 1.00 bits per heavy atom. The summed E-state index contributed by atoms with van der Waals surface area (Å²) < 4.78 is 0. The fourth-order valence-corrected chi connectivity index (χ4v) is 3.95. The van der Waals surface area contributed by atoms with E-state index in [1.165, 1.54) is 51.4 Å². The summed E-state index contributed by atoms with van der Waals surface area (Å²) >= 11 is 0. The molecule has 1 saturated carbocycles. The summed E-state index contributed by atoms with van der Waals surface area (Å²) in [5.74, 6) is 1.63. The van der Waals surface area contributed by atoms with Crippen molar-refractivity contribution in [2.75, 3.05) is 0 Å². The monoisotopic (exact) mass is 191 g/mol. The summed E-state index contributed by atoms with van der Waals surface area (Å²) in [6.45, 7) is 0. The van der Waals surface area contributed by atoms with Crippen molar-refractivity contribution in [3.05, 3.63) is 11.1 Å². The molecule has 78 valence electrons. The fraction of sp³-hybridized carbons (Fsp3) is 0.846. The summed E-state index contributed by atoms with van der Waals surface area (Å²) in [6.07, 6.45) is 11.2. The van der Waals surface area contributed by atoms with Crippen molar-refractivity contribution in [3.8, 4) is 0 Å². The highest BCUT2D eigenvalue weighted by Crippen LogP contribution is 2.47. The number of rotatable bonds is 0. The van der Waals surface area contributed by atoms with Gasteiger partial charge in [0.05, 0.1) is 0 Å². The SMILES string of the molecule is N[C@@H]1C2CCC[C@H]1C1=C(CCCC1)C2. The number of hydrogen-bond acceptors (Lipinski definition) is 1. The van der Waals surface area contributed by atoms with Crippen molar-refractivity contribution < 1.29 is 0 Å². The van der Waals surface area contributed by atoms with Crippen LogP contribution in [-0.4, -0.2) is 6.04 Å². The highest BCUT2D eigenvalue weighted by atomic mass is 14.7. The van der Waals surface area contributed by atoms with Crippen LogP contribution in [0.2, 0.25) is 0 Å². The van der Waals surface area contributed by atoms with Crippen LogP contribution >= 0.6 is 0 Å². The van der Waals surface area contributed by atoms with Gasteiger partial charge in [-0.3, -0.25) is 0 Å². The first kappa shape index (κ1) is 8.96. The summed E-state index contributed by atoms with van der Waals surface area (Å²) in [4.78, 5) is 0. The van der Waals surface area contributed by atoms with Gasteiger partial charge in [-0.2, -0.15) is 0 Å². The zero-order valence-electron chi connectivity index (χ0n) is 8.97. The molecule has 3 rings (SSSR count). The second-order valence-corrected chi connectivity index (χ2v) is 5.41. The molecule has 2 bridgehead atoms. The van der Waals surface area contributed by atoms with Crippen LogP contribution in [0.25, 0.3) is 0 Å². The van der Waals surface area contributed by atoms with Gasteiger partial charge in [-0.25, -0.2) is 0 Å². The molecule has 3 atom stereocenters. The van der Waals surface area contributed by atoms with Crippen molar-refractivity contribution >= 4 is 0 Å². The third kappa shape index (κ3) is 1.25. The number of allylic oxidation sites excluding steroid dienone is 1. The molecule has 0 spiro atoms. The number of hydrogen-bond donors (Lipinski definition) is 1. The van der Waals surface area contributed by atoms with E-state index in [9.17, 15) is 0 Å². The molecule has 3 aliphatic carbocycles. The van der Waals surface area contributed by atoms with Crippen LogP contribution in [0.3, 0.4) is 0 Å². The predicted molar refractivity (Wildman–Crippen MR) is 58.9 cm³/mol. The third-order valence-corrected chi connectivity index (χ3v) is 4.68. The van der Waals surface area contributed by atoms with Gasteiger partial charge in [-0.05, 0) is 56.8 Å². The molecular formula is C13H21N. The Bertz CT molecular complexity index is 266. The van der Waals surface area contributed by atoms with Crippen LogP contribution in [0.1, 0.15) is 51.4 Å². The average molecular weight is 191 g/mol. The molecule has 1 unspecified atom stereocenters. The molecule has 0 aliphatic heterocycles. The lowest BCUT2D eigenvalue weighted by molar-refractivity contribution is 0.213. The zero-order chi connectivity index (χ0) is 9.54. The van der Waals surface area contributed by atoms with Gasteiger partial charge in [0.1, 0.15) is 0 Å². The lowest BCUT2D eigenvalue weighted by atomic mass is 9.63. The Morgan fingerprint density at radius 2 is 1.86 bits per heavy atom. The third-order valence-electron chi connectivity index (χ3n) is 4.68. The van der Waals surface area contributed by atoms with E-state index in [2.05, 4.69) is 0 Å². The maximum Gasteiger partial charge on any atom is 0.0136 e. The quantitative estimate of drug-likeness (QED) is 0.585. The van der Waals surface area contributed by atoms with Crippen LogP contribution in [-0.2, 0) is 0 Å². The Kier molecular flexibility index (Phi) is 2.16. The van der Waals surface area contributed by atoms with Gasteiger partial charge in [0.2, 0.25) is 0 Å². The first-order valence-electron chi connectivity index (χ1n) is 6.32. The van der Waals surface area contributed by atoms with E-state index in [-0.39, 0.29) is 0 Å². The predicted octanol–water partition coefficient (Wildman–Crippen LogP) is 3.00. The molecule has 3 aliphatic rings. The smallest absolute Gasteiger partial charge is 0.0136 e. The molecule has 0 amide bonds. The first-order chi connectivity index (χ1) is 6.86. The van der Waals surface area contributed by atoms with Gasteiger partial charge in [0.25, 0.3) is 0 Å². The van der Waals surface area contributed by atoms with Crippen LogP contribution in [0, 0.1) is 11.8 Å². The van der Waals surface area contributed by atoms with Crippen LogP contribution in [0.15, 0.2) is 11.1 Å². The van der Waals surface area contributed by atoms with Gasteiger partial charge in [-0.1, -0.05) is 17.6 Å². The summed E-state index contributed by atoms with van der Waals surface area (Å²) in [6, 6.07) is 0.514. The van der Waals surface area contributed by atoms with E-state index >= 15 is 0 Å². The minimum atomic E-state index is 0.514. The highest BCUT2D eigenvalue weighted by Gasteiger charge is 2.38. The molecule has 1 fully saturated rings. The zero-order valence-corrected chi connectivity index (χ0v) is 8.97. The fourth-order valence-electron chi connectivity index (χ4n) is 3.95. The lowest BCUT2D eigenvalue weighted by Crippen LogP contribution is -2.45. The summed E-state index contributed by atoms with van der Waals surface area (Å²) in [7, 11) is 0. The second kappa shape index (κ2) is 3.37. The van der Waals surface area contributed by atoms with Crippen molar-refractivity contribution in [3.63, 3.8) is 0 Å². The molecule has 2 N–H and O–H groups in total. The average Bonchev–Trinajstić information content (AvgIpc) is 2.18. The minimum Gasteiger partial charge on any atom is -0.327 e. The first-order valence-corrected chi connectivity index (χ1v) is 6.32. The van der Waals surface area contributed by atoms with Gasteiger partial charge < -0.3 is 5.73 Å². The van der Waals surface area contributed by atoms with Gasteiger partial charge in [-0.15, -0.1) is 0 Å². The van der Waals surface area contributed by atoms with E-state index in [1.807, 2.05) is 5.57 Å². The van der Waals surface area contributed by atoms with Crippen LogP contribution in [0.5, 0.6) is 0 Å². The van der Waals surface area contributed by atoms with E-state index < -0.39 is 0 Å². The van der Waals surface area contributed by atoms with E-state index in [0.717, 1.165) is 11.8 Å². The van der Waals surface area contributed by atoms with Crippen molar-refractivity contribution in [2.24, 2.45) is 17.6 Å². The van der Waals surface area contributed by atoms with E-state index in [0.29, 0.717) is 6.04 Å². The second-order valence-electron chi connectivity index (χ2n) is 5.41. The molecule has 0 radical (unpaired) electrons.